The number of methoxy groups -OCH3 is 1. The zero-order valence-corrected chi connectivity index (χ0v) is 8.97. The van der Waals surface area contributed by atoms with Crippen LogP contribution in [0.1, 0.15) is 19.8 Å². The second-order valence-corrected chi connectivity index (χ2v) is 3.26. The minimum atomic E-state index is -0.671. The van der Waals surface area contributed by atoms with Gasteiger partial charge in [-0.25, -0.2) is 0 Å². The van der Waals surface area contributed by atoms with E-state index in [1.54, 1.807) is 6.92 Å². The first-order chi connectivity index (χ1) is 6.99. The van der Waals surface area contributed by atoms with E-state index in [1.165, 1.54) is 7.11 Å². The molecule has 5 heteroatoms. The summed E-state index contributed by atoms with van der Waals surface area (Å²) < 4.78 is 4.54. The number of ether oxygens (including phenoxy) is 1. The van der Waals surface area contributed by atoms with Gasteiger partial charge in [0.15, 0.2) is 0 Å². The predicted molar refractivity (Wildman–Crippen MR) is 55.2 cm³/mol. The molecule has 1 unspecified atom stereocenters. The number of carboxylic acid groups (broad SMARTS) is 1. The van der Waals surface area contributed by atoms with Gasteiger partial charge in [0.1, 0.15) is 6.10 Å². The van der Waals surface area contributed by atoms with Gasteiger partial charge in [0, 0.05) is 7.11 Å². The van der Waals surface area contributed by atoms with Crippen molar-refractivity contribution < 1.29 is 19.4 Å². The summed E-state index contributed by atoms with van der Waals surface area (Å²) in [4.78, 5) is 20.2. The molecule has 0 fully saturated rings. The van der Waals surface area contributed by atoms with Crippen molar-refractivity contribution in [1.82, 2.24) is 0 Å². The molecular formula is C10H17NO4. The number of carboxylic acids is 1. The highest BCUT2D eigenvalue weighted by atomic mass is 16.5. The van der Waals surface area contributed by atoms with E-state index in [2.05, 4.69) is 4.74 Å². The van der Waals surface area contributed by atoms with Crippen molar-refractivity contribution >= 4 is 11.9 Å². The van der Waals surface area contributed by atoms with Crippen LogP contribution in [-0.4, -0.2) is 30.2 Å². The third kappa shape index (κ3) is 5.85. The Kier molecular flexibility index (Phi) is 6.37. The Morgan fingerprint density at radius 2 is 1.93 bits per heavy atom. The molecule has 3 N–H and O–H groups in total. The molecule has 0 aliphatic heterocycles. The Morgan fingerprint density at radius 3 is 2.07 bits per heavy atom. The van der Waals surface area contributed by atoms with Gasteiger partial charge < -0.3 is 15.6 Å². The third-order valence-electron chi connectivity index (χ3n) is 2.11. The first kappa shape index (κ1) is 13.6. The number of carbonyl (C=O) groups excluding carboxylic acids is 1. The molecule has 15 heavy (non-hydrogen) atoms. The van der Waals surface area contributed by atoms with Gasteiger partial charge in [0.05, 0.1) is 5.92 Å². The van der Waals surface area contributed by atoms with E-state index < -0.39 is 18.0 Å². The van der Waals surface area contributed by atoms with Crippen molar-refractivity contribution in [3.8, 4) is 0 Å². The van der Waals surface area contributed by atoms with Crippen molar-refractivity contribution in [3.63, 3.8) is 0 Å². The Labute approximate surface area is 88.9 Å². The average molecular weight is 215 g/mol. The minimum Gasteiger partial charge on any atom is -0.481 e. The normalized spacial score (nSPS) is 16.7. The summed E-state index contributed by atoms with van der Waals surface area (Å²) >= 11 is 0. The molecule has 0 heterocycles. The monoisotopic (exact) mass is 215 g/mol. The molecule has 0 aromatic rings. The first-order valence-electron chi connectivity index (χ1n) is 4.69. The van der Waals surface area contributed by atoms with Crippen molar-refractivity contribution in [3.05, 3.63) is 12.2 Å². The van der Waals surface area contributed by atoms with E-state index in [-0.39, 0.29) is 5.92 Å². The lowest BCUT2D eigenvalue weighted by atomic mass is 10.1. The Balaban J connectivity index is 0.000000265. The van der Waals surface area contributed by atoms with Crippen LogP contribution in [0.2, 0.25) is 0 Å². The highest BCUT2D eigenvalue weighted by molar-refractivity contribution is 5.78. The van der Waals surface area contributed by atoms with E-state index in [0.29, 0.717) is 0 Å². The van der Waals surface area contributed by atoms with E-state index >= 15 is 0 Å². The van der Waals surface area contributed by atoms with E-state index in [1.807, 2.05) is 12.2 Å². The van der Waals surface area contributed by atoms with Crippen LogP contribution < -0.4 is 5.73 Å². The van der Waals surface area contributed by atoms with Gasteiger partial charge in [0.2, 0.25) is 5.91 Å². The summed E-state index contributed by atoms with van der Waals surface area (Å²) in [5, 5.41) is 8.37. The maximum absolute atomic E-state index is 10.2. The molecule has 0 aromatic heterocycles. The fourth-order valence-corrected chi connectivity index (χ4v) is 0.935. The molecule has 1 amide bonds. The van der Waals surface area contributed by atoms with Crippen LogP contribution >= 0.6 is 0 Å². The molecule has 0 aromatic carbocycles. The number of hydrogen-bond donors (Lipinski definition) is 2. The lowest BCUT2D eigenvalue weighted by molar-refractivity contribution is -0.141. The van der Waals surface area contributed by atoms with Crippen LogP contribution in [0.3, 0.4) is 0 Å². The number of hydrogen-bond acceptors (Lipinski definition) is 3. The van der Waals surface area contributed by atoms with E-state index in [9.17, 15) is 9.59 Å². The van der Waals surface area contributed by atoms with Gasteiger partial charge in [-0.15, -0.1) is 0 Å². The largest absolute Gasteiger partial charge is 0.481 e. The summed E-state index contributed by atoms with van der Waals surface area (Å²) in [6, 6.07) is 0. The molecule has 0 saturated carbocycles. The lowest BCUT2D eigenvalue weighted by Crippen LogP contribution is -2.26. The van der Waals surface area contributed by atoms with E-state index in [4.69, 9.17) is 10.8 Å². The van der Waals surface area contributed by atoms with Crippen molar-refractivity contribution in [1.29, 1.82) is 0 Å². The summed E-state index contributed by atoms with van der Waals surface area (Å²) in [7, 11) is 1.44. The zero-order chi connectivity index (χ0) is 11.8. The molecule has 0 bridgehead atoms. The molecule has 0 spiro atoms. The van der Waals surface area contributed by atoms with Crippen LogP contribution in [0.15, 0.2) is 12.2 Å². The average Bonchev–Trinajstić information content (AvgIpc) is 2.70. The fraction of sp³-hybridized carbons (Fsp3) is 0.600. The van der Waals surface area contributed by atoms with Gasteiger partial charge in [-0.2, -0.15) is 0 Å². The SMILES string of the molecule is COC(C)C(N)=O.O=C(O)C1CC=CC1. The number of carbonyl (C=O) groups is 2. The smallest absolute Gasteiger partial charge is 0.307 e. The summed E-state index contributed by atoms with van der Waals surface area (Å²) in [5.41, 5.74) is 4.78. The molecule has 1 rings (SSSR count). The van der Waals surface area contributed by atoms with Crippen LogP contribution in [0.5, 0.6) is 0 Å². The number of aliphatic carboxylic acids is 1. The standard InChI is InChI=1S/C6H8O2.C4H9NO2/c7-6(8)5-3-1-2-4-5;1-3(7-2)4(5)6/h1-2,5H,3-4H2,(H,7,8);3H,1-2H3,(H2,5,6). The minimum absolute atomic E-state index is 0.130. The number of rotatable bonds is 3. The van der Waals surface area contributed by atoms with Crippen LogP contribution in [0.4, 0.5) is 0 Å². The van der Waals surface area contributed by atoms with Crippen LogP contribution in [0.25, 0.3) is 0 Å². The summed E-state index contributed by atoms with van der Waals surface area (Å²) in [6.07, 6.45) is 4.81. The summed E-state index contributed by atoms with van der Waals surface area (Å²) in [6.45, 7) is 1.60. The molecule has 0 radical (unpaired) electrons. The fourth-order valence-electron chi connectivity index (χ4n) is 0.935. The lowest BCUT2D eigenvalue weighted by Gasteiger charge is -2.00. The molecular weight excluding hydrogens is 198 g/mol. The summed E-state index contributed by atoms with van der Waals surface area (Å²) in [5.74, 6) is -1.23. The molecule has 5 nitrogen and oxygen atoms in total. The number of primary amides is 1. The highest BCUT2D eigenvalue weighted by Crippen LogP contribution is 2.16. The quantitative estimate of drug-likeness (QED) is 0.672. The second-order valence-electron chi connectivity index (χ2n) is 3.26. The van der Waals surface area contributed by atoms with Gasteiger partial charge in [0.25, 0.3) is 0 Å². The third-order valence-corrected chi connectivity index (χ3v) is 2.11. The predicted octanol–water partition coefficient (Wildman–Crippen LogP) is 0.544. The Hall–Kier alpha value is -1.36. The molecule has 0 saturated heterocycles. The van der Waals surface area contributed by atoms with Gasteiger partial charge in [-0.05, 0) is 19.8 Å². The van der Waals surface area contributed by atoms with Crippen molar-refractivity contribution in [2.75, 3.05) is 7.11 Å². The maximum atomic E-state index is 10.2. The zero-order valence-electron chi connectivity index (χ0n) is 8.97. The highest BCUT2D eigenvalue weighted by Gasteiger charge is 2.16. The topological polar surface area (TPSA) is 89.6 Å². The van der Waals surface area contributed by atoms with Crippen molar-refractivity contribution in [2.24, 2.45) is 11.7 Å². The Bertz CT molecular complexity index is 242. The molecule has 1 atom stereocenters. The Morgan fingerprint density at radius 1 is 1.47 bits per heavy atom. The maximum Gasteiger partial charge on any atom is 0.307 e. The number of nitrogens with two attached hydrogens (primary N) is 1. The van der Waals surface area contributed by atoms with Gasteiger partial charge in [-0.3, -0.25) is 9.59 Å². The first-order valence-corrected chi connectivity index (χ1v) is 4.69. The second kappa shape index (κ2) is 7.00. The molecule has 86 valence electrons. The number of amides is 1. The van der Waals surface area contributed by atoms with Gasteiger partial charge in [-0.1, -0.05) is 12.2 Å². The van der Waals surface area contributed by atoms with E-state index in [0.717, 1.165) is 12.8 Å². The van der Waals surface area contributed by atoms with Gasteiger partial charge >= 0.3 is 5.97 Å². The van der Waals surface area contributed by atoms with Crippen molar-refractivity contribution in [2.45, 2.75) is 25.9 Å². The molecule has 1 aliphatic rings. The number of allylic oxidation sites excluding steroid dienone is 2. The van der Waals surface area contributed by atoms with Crippen LogP contribution in [-0.2, 0) is 14.3 Å². The molecule has 1 aliphatic carbocycles. The van der Waals surface area contributed by atoms with Crippen LogP contribution in [0, 0.1) is 5.92 Å².